The van der Waals surface area contributed by atoms with Crippen molar-refractivity contribution in [2.75, 3.05) is 6.61 Å². The molecule has 1 spiro atoms. The standard InChI is InChI=1S/C25H36O4/c1-16(2)7-6-8-17(3)9-21-10-18(4)13-25(28-21)14-20(15-26)22-12-23(27)19(5)11-24(22)29-25/h7,9,11,13-14,21-24,26-27H,6,8,10,12,15H2,1-5H3/b17-9+/t21-,22-,23+,24-,25+/m1/s1. The summed E-state index contributed by atoms with van der Waals surface area (Å²) in [5, 5.41) is 20.2. The van der Waals surface area contributed by atoms with Crippen molar-refractivity contribution >= 4 is 0 Å². The fourth-order valence-electron chi connectivity index (χ4n) is 4.55. The number of rotatable bonds is 5. The molecule has 0 aromatic rings. The fourth-order valence-corrected chi connectivity index (χ4v) is 4.55. The Labute approximate surface area is 175 Å². The third kappa shape index (κ3) is 5.37. The van der Waals surface area contributed by atoms with Crippen LogP contribution in [0.25, 0.3) is 0 Å². The monoisotopic (exact) mass is 400 g/mol. The molecule has 4 heteroatoms. The largest absolute Gasteiger partial charge is 0.392 e. The second-order valence-electron chi connectivity index (χ2n) is 9.13. The molecule has 2 aliphatic heterocycles. The average Bonchev–Trinajstić information content (AvgIpc) is 2.61. The number of allylic oxidation sites excluding steroid dienone is 3. The van der Waals surface area contributed by atoms with Crippen molar-refractivity contribution in [2.45, 2.75) is 84.4 Å². The van der Waals surface area contributed by atoms with Gasteiger partial charge in [-0.3, -0.25) is 0 Å². The molecule has 3 rings (SSSR count). The minimum Gasteiger partial charge on any atom is -0.392 e. The van der Waals surface area contributed by atoms with Gasteiger partial charge in [0.25, 0.3) is 0 Å². The van der Waals surface area contributed by atoms with Gasteiger partial charge in [-0.25, -0.2) is 0 Å². The SMILES string of the molecule is CC(C)=CCC/C(C)=C/[C@@H]1CC(C)=C[C@]2(C=C(CO)[C@H]3C[C@H](O)C(C)=C[C@H]3O2)O1. The summed E-state index contributed by atoms with van der Waals surface area (Å²) in [6.07, 6.45) is 13.2. The molecule has 0 amide bonds. The maximum Gasteiger partial charge on any atom is 0.209 e. The lowest BCUT2D eigenvalue weighted by atomic mass is 9.78. The Hall–Kier alpha value is -1.46. The van der Waals surface area contributed by atoms with Crippen molar-refractivity contribution in [1.82, 2.24) is 0 Å². The molecule has 4 nitrogen and oxygen atoms in total. The van der Waals surface area contributed by atoms with Crippen molar-refractivity contribution in [3.63, 3.8) is 0 Å². The van der Waals surface area contributed by atoms with Gasteiger partial charge in [0.05, 0.1) is 24.9 Å². The molecule has 2 N–H and O–H groups in total. The zero-order chi connectivity index (χ0) is 21.2. The van der Waals surface area contributed by atoms with Gasteiger partial charge in [-0.15, -0.1) is 0 Å². The molecule has 0 bridgehead atoms. The summed E-state index contributed by atoms with van der Waals surface area (Å²) >= 11 is 0. The van der Waals surface area contributed by atoms with Crippen LogP contribution in [0.3, 0.4) is 0 Å². The van der Waals surface area contributed by atoms with E-state index >= 15 is 0 Å². The van der Waals surface area contributed by atoms with Gasteiger partial charge in [-0.1, -0.05) is 34.9 Å². The van der Waals surface area contributed by atoms with E-state index in [0.717, 1.165) is 30.4 Å². The third-order valence-corrected chi connectivity index (χ3v) is 6.06. The lowest BCUT2D eigenvalue weighted by molar-refractivity contribution is -0.226. The molecule has 0 aromatic carbocycles. The molecule has 0 saturated carbocycles. The van der Waals surface area contributed by atoms with E-state index in [2.05, 4.69) is 39.8 Å². The summed E-state index contributed by atoms with van der Waals surface area (Å²) < 4.78 is 12.9. The number of ether oxygens (including phenoxy) is 2. The van der Waals surface area contributed by atoms with Crippen LogP contribution in [0.15, 0.2) is 58.2 Å². The van der Waals surface area contributed by atoms with E-state index in [-0.39, 0.29) is 24.7 Å². The maximum atomic E-state index is 10.2. The number of aliphatic hydroxyl groups is 2. The number of hydrogen-bond donors (Lipinski definition) is 2. The molecule has 0 aromatic heterocycles. The first-order valence-corrected chi connectivity index (χ1v) is 10.7. The van der Waals surface area contributed by atoms with Gasteiger partial charge in [-0.2, -0.15) is 0 Å². The topological polar surface area (TPSA) is 58.9 Å². The van der Waals surface area contributed by atoms with Crippen LogP contribution in [-0.4, -0.2) is 40.9 Å². The second-order valence-corrected chi connectivity index (χ2v) is 9.13. The van der Waals surface area contributed by atoms with Gasteiger partial charge in [0.15, 0.2) is 0 Å². The summed E-state index contributed by atoms with van der Waals surface area (Å²) in [4.78, 5) is 0. The number of hydrogen-bond acceptors (Lipinski definition) is 4. The predicted molar refractivity (Wildman–Crippen MR) is 116 cm³/mol. The lowest BCUT2D eigenvalue weighted by Crippen LogP contribution is -2.49. The van der Waals surface area contributed by atoms with E-state index in [9.17, 15) is 10.2 Å². The Kier molecular flexibility index (Phi) is 7.00. The van der Waals surface area contributed by atoms with Crippen LogP contribution >= 0.6 is 0 Å². The molecule has 3 aliphatic rings. The highest BCUT2D eigenvalue weighted by atomic mass is 16.7. The molecule has 5 atom stereocenters. The highest BCUT2D eigenvalue weighted by Crippen LogP contribution is 2.43. The molecular weight excluding hydrogens is 364 g/mol. The van der Waals surface area contributed by atoms with E-state index in [1.54, 1.807) is 0 Å². The van der Waals surface area contributed by atoms with Crippen LogP contribution in [0.5, 0.6) is 0 Å². The Morgan fingerprint density at radius 3 is 2.66 bits per heavy atom. The summed E-state index contributed by atoms with van der Waals surface area (Å²) in [6, 6.07) is 0. The molecular formula is C25H36O4. The Morgan fingerprint density at radius 2 is 1.97 bits per heavy atom. The smallest absolute Gasteiger partial charge is 0.209 e. The molecule has 160 valence electrons. The van der Waals surface area contributed by atoms with Crippen LogP contribution in [-0.2, 0) is 9.47 Å². The van der Waals surface area contributed by atoms with Crippen molar-refractivity contribution in [3.8, 4) is 0 Å². The van der Waals surface area contributed by atoms with E-state index in [4.69, 9.17) is 9.47 Å². The predicted octanol–water partition coefficient (Wildman–Crippen LogP) is 4.76. The van der Waals surface area contributed by atoms with E-state index in [0.29, 0.717) is 6.42 Å². The van der Waals surface area contributed by atoms with Crippen molar-refractivity contribution in [2.24, 2.45) is 5.92 Å². The summed E-state index contributed by atoms with van der Waals surface area (Å²) in [7, 11) is 0. The summed E-state index contributed by atoms with van der Waals surface area (Å²) in [6.45, 7) is 10.4. The fraction of sp³-hybridized carbons (Fsp3) is 0.600. The molecule has 1 aliphatic carbocycles. The highest BCUT2D eigenvalue weighted by molar-refractivity contribution is 5.32. The van der Waals surface area contributed by atoms with Crippen molar-refractivity contribution < 1.29 is 19.7 Å². The Balaban J connectivity index is 1.82. The zero-order valence-electron chi connectivity index (χ0n) is 18.4. The van der Waals surface area contributed by atoms with Gasteiger partial charge >= 0.3 is 0 Å². The first kappa shape index (κ1) is 22.2. The lowest BCUT2D eigenvalue weighted by Gasteiger charge is -2.46. The van der Waals surface area contributed by atoms with Gasteiger partial charge in [0, 0.05) is 5.92 Å². The van der Waals surface area contributed by atoms with Crippen molar-refractivity contribution in [3.05, 3.63) is 58.2 Å². The van der Waals surface area contributed by atoms with Gasteiger partial charge < -0.3 is 19.7 Å². The van der Waals surface area contributed by atoms with Gasteiger partial charge in [-0.05, 0) is 83.6 Å². The molecule has 2 heterocycles. The quantitative estimate of drug-likeness (QED) is 0.654. The highest BCUT2D eigenvalue weighted by Gasteiger charge is 2.45. The number of fused-ring (bicyclic) bond motifs is 1. The van der Waals surface area contributed by atoms with Crippen LogP contribution in [0.1, 0.15) is 60.3 Å². The minimum atomic E-state index is -0.956. The maximum absolute atomic E-state index is 10.2. The van der Waals surface area contributed by atoms with Crippen LogP contribution < -0.4 is 0 Å². The Morgan fingerprint density at radius 1 is 1.21 bits per heavy atom. The first-order chi connectivity index (χ1) is 13.7. The zero-order valence-corrected chi connectivity index (χ0v) is 18.4. The third-order valence-electron chi connectivity index (χ3n) is 6.06. The van der Waals surface area contributed by atoms with E-state index in [1.165, 1.54) is 16.7 Å². The molecule has 29 heavy (non-hydrogen) atoms. The van der Waals surface area contributed by atoms with Gasteiger partial charge in [0.2, 0.25) is 5.79 Å². The minimum absolute atomic E-state index is 0.0108. The molecule has 0 unspecified atom stereocenters. The van der Waals surface area contributed by atoms with E-state index in [1.807, 2.05) is 25.2 Å². The second kappa shape index (κ2) is 9.13. The van der Waals surface area contributed by atoms with Crippen LogP contribution in [0, 0.1) is 5.92 Å². The van der Waals surface area contributed by atoms with Gasteiger partial charge in [0.1, 0.15) is 0 Å². The molecule has 0 fully saturated rings. The average molecular weight is 401 g/mol. The normalized spacial score (nSPS) is 34.9. The Bertz CT molecular complexity index is 766. The molecule has 0 saturated heterocycles. The van der Waals surface area contributed by atoms with E-state index < -0.39 is 11.9 Å². The van der Waals surface area contributed by atoms with Crippen molar-refractivity contribution in [1.29, 1.82) is 0 Å². The summed E-state index contributed by atoms with van der Waals surface area (Å²) in [5.74, 6) is -0.967. The molecule has 0 radical (unpaired) electrons. The summed E-state index contributed by atoms with van der Waals surface area (Å²) in [5.41, 5.74) is 5.69. The van der Waals surface area contributed by atoms with Crippen LogP contribution in [0.2, 0.25) is 0 Å². The number of aliphatic hydroxyl groups excluding tert-OH is 2. The van der Waals surface area contributed by atoms with Crippen LogP contribution in [0.4, 0.5) is 0 Å². The first-order valence-electron chi connectivity index (χ1n) is 10.7.